The van der Waals surface area contributed by atoms with E-state index in [0.29, 0.717) is 18.7 Å². The number of H-pyrrole nitrogens is 1. The highest BCUT2D eigenvalue weighted by molar-refractivity contribution is 5.32. The summed E-state index contributed by atoms with van der Waals surface area (Å²) >= 11 is 0. The summed E-state index contributed by atoms with van der Waals surface area (Å²) in [7, 11) is 1.01. The van der Waals surface area contributed by atoms with E-state index in [1.54, 1.807) is 6.07 Å². The molecule has 0 unspecified atom stereocenters. The van der Waals surface area contributed by atoms with Crippen LogP contribution in [0.25, 0.3) is 0 Å². The lowest BCUT2D eigenvalue weighted by Gasteiger charge is -2.32. The molecule has 1 N–H and O–H groups in total. The summed E-state index contributed by atoms with van der Waals surface area (Å²) in [5.74, 6) is -0.0628. The van der Waals surface area contributed by atoms with Gasteiger partial charge in [0.05, 0.1) is 0 Å². The first-order chi connectivity index (χ1) is 12.5. The van der Waals surface area contributed by atoms with E-state index in [0.717, 1.165) is 12.7 Å². The average Bonchev–Trinajstić information content (AvgIpc) is 3.11. The molecule has 0 spiro atoms. The first kappa shape index (κ1) is 18.1. The van der Waals surface area contributed by atoms with Crippen molar-refractivity contribution in [2.24, 2.45) is 0 Å². The van der Waals surface area contributed by atoms with Crippen LogP contribution in [-0.4, -0.2) is 28.5 Å². The van der Waals surface area contributed by atoms with E-state index >= 15 is 0 Å². The fourth-order valence-corrected chi connectivity index (χ4v) is 2.89. The van der Waals surface area contributed by atoms with Gasteiger partial charge in [-0.05, 0) is 12.0 Å². The molecule has 0 bridgehead atoms. The molecule has 0 aliphatic carbocycles. The number of aromatic amines is 1. The Balaban J connectivity index is 1.92. The van der Waals surface area contributed by atoms with Gasteiger partial charge < -0.3 is 4.74 Å². The number of hydrogen-bond donors (Lipinski definition) is 1. The van der Waals surface area contributed by atoms with Gasteiger partial charge >= 0.3 is 6.18 Å². The van der Waals surface area contributed by atoms with Crippen LogP contribution in [0.4, 0.5) is 13.2 Å². The zero-order valence-electron chi connectivity index (χ0n) is 14.1. The summed E-state index contributed by atoms with van der Waals surface area (Å²) in [6.45, 7) is 0. The van der Waals surface area contributed by atoms with Crippen molar-refractivity contribution >= 4 is 0 Å². The van der Waals surface area contributed by atoms with E-state index < -0.39 is 17.6 Å². The summed E-state index contributed by atoms with van der Waals surface area (Å²) in [4.78, 5) is 4.10. The SMILES string of the molecule is CO[C@](c1ccccc1)(c1n[nH]c(CCc2ccccc2)n1)C(F)(F)F. The third kappa shape index (κ3) is 3.35. The zero-order chi connectivity index (χ0) is 18.6. The average molecular weight is 361 g/mol. The summed E-state index contributed by atoms with van der Waals surface area (Å²) in [5.41, 5.74) is -1.71. The maximum atomic E-state index is 14.0. The van der Waals surface area contributed by atoms with Crippen molar-refractivity contribution in [2.75, 3.05) is 7.11 Å². The third-order valence-corrected chi connectivity index (χ3v) is 4.23. The molecule has 0 aliphatic rings. The molecule has 0 radical (unpaired) electrons. The summed E-state index contributed by atoms with van der Waals surface area (Å²) in [6, 6.07) is 17.1. The normalized spacial score (nSPS) is 14.2. The van der Waals surface area contributed by atoms with Crippen LogP contribution in [0.1, 0.15) is 22.8 Å². The minimum absolute atomic E-state index is 0.0661. The predicted octanol–water partition coefficient (Wildman–Crippen LogP) is 4.04. The molecular formula is C19H18F3N3O. The van der Waals surface area contributed by atoms with Crippen LogP contribution < -0.4 is 0 Å². The molecule has 26 heavy (non-hydrogen) atoms. The number of aromatic nitrogens is 3. The van der Waals surface area contributed by atoms with Crippen LogP contribution in [0.2, 0.25) is 0 Å². The van der Waals surface area contributed by atoms with Crippen LogP contribution in [0.5, 0.6) is 0 Å². The monoisotopic (exact) mass is 361 g/mol. The van der Waals surface area contributed by atoms with E-state index in [1.165, 1.54) is 24.3 Å². The maximum absolute atomic E-state index is 14.0. The van der Waals surface area contributed by atoms with Crippen LogP contribution >= 0.6 is 0 Å². The fourth-order valence-electron chi connectivity index (χ4n) is 2.89. The molecule has 0 saturated heterocycles. The molecule has 3 rings (SSSR count). The number of hydrogen-bond acceptors (Lipinski definition) is 3. The van der Waals surface area contributed by atoms with Crippen LogP contribution in [0.3, 0.4) is 0 Å². The van der Waals surface area contributed by atoms with Gasteiger partial charge in [-0.3, -0.25) is 5.10 Å². The number of ether oxygens (including phenoxy) is 1. The first-order valence-electron chi connectivity index (χ1n) is 8.10. The van der Waals surface area contributed by atoms with Crippen LogP contribution in [0.15, 0.2) is 60.7 Å². The number of halogens is 3. The van der Waals surface area contributed by atoms with Gasteiger partial charge in [0.15, 0.2) is 5.82 Å². The van der Waals surface area contributed by atoms with Crippen molar-refractivity contribution in [1.82, 2.24) is 15.2 Å². The summed E-state index contributed by atoms with van der Waals surface area (Å²) in [6.07, 6.45) is -3.63. The smallest absolute Gasteiger partial charge is 0.358 e. The van der Waals surface area contributed by atoms with Crippen LogP contribution in [-0.2, 0) is 23.2 Å². The van der Waals surface area contributed by atoms with Crippen molar-refractivity contribution in [2.45, 2.75) is 24.6 Å². The molecule has 2 aromatic carbocycles. The van der Waals surface area contributed by atoms with Crippen LogP contribution in [0, 0.1) is 0 Å². The largest absolute Gasteiger partial charge is 0.429 e. The molecule has 7 heteroatoms. The number of nitrogens with one attached hydrogen (secondary N) is 1. The van der Waals surface area contributed by atoms with E-state index in [9.17, 15) is 13.2 Å². The van der Waals surface area contributed by atoms with Crippen molar-refractivity contribution in [3.05, 3.63) is 83.4 Å². The Hall–Kier alpha value is -2.67. The third-order valence-electron chi connectivity index (χ3n) is 4.23. The number of nitrogens with zero attached hydrogens (tertiary/aromatic N) is 2. The minimum Gasteiger partial charge on any atom is -0.358 e. The Morgan fingerprint density at radius 3 is 2.12 bits per heavy atom. The minimum atomic E-state index is -4.72. The summed E-state index contributed by atoms with van der Waals surface area (Å²) in [5, 5.41) is 6.45. The Morgan fingerprint density at radius 1 is 0.923 bits per heavy atom. The van der Waals surface area contributed by atoms with E-state index in [4.69, 9.17) is 4.74 Å². The van der Waals surface area contributed by atoms with E-state index in [-0.39, 0.29) is 5.56 Å². The van der Waals surface area contributed by atoms with Crippen molar-refractivity contribution < 1.29 is 17.9 Å². The van der Waals surface area contributed by atoms with Gasteiger partial charge in [0.1, 0.15) is 5.82 Å². The van der Waals surface area contributed by atoms with Gasteiger partial charge in [-0.1, -0.05) is 60.7 Å². The van der Waals surface area contributed by atoms with Crippen molar-refractivity contribution in [3.8, 4) is 0 Å². The van der Waals surface area contributed by atoms with Gasteiger partial charge in [-0.2, -0.15) is 18.3 Å². The highest BCUT2D eigenvalue weighted by Crippen LogP contribution is 2.45. The maximum Gasteiger partial charge on any atom is 0.429 e. The molecule has 0 aliphatic heterocycles. The summed E-state index contributed by atoms with van der Waals surface area (Å²) < 4.78 is 46.9. The first-order valence-corrected chi connectivity index (χ1v) is 8.10. The Morgan fingerprint density at radius 2 is 1.54 bits per heavy atom. The Labute approximate surface area is 149 Å². The second-order valence-electron chi connectivity index (χ2n) is 5.84. The molecule has 136 valence electrons. The van der Waals surface area contributed by atoms with Gasteiger partial charge in [0, 0.05) is 19.1 Å². The molecular weight excluding hydrogens is 343 g/mol. The molecule has 1 heterocycles. The zero-order valence-corrected chi connectivity index (χ0v) is 14.1. The number of methoxy groups -OCH3 is 1. The second kappa shape index (κ2) is 7.29. The number of alkyl halides is 3. The topological polar surface area (TPSA) is 50.8 Å². The lowest BCUT2D eigenvalue weighted by Crippen LogP contribution is -2.46. The molecule has 0 fully saturated rings. The lowest BCUT2D eigenvalue weighted by molar-refractivity contribution is -0.261. The fraction of sp³-hybridized carbons (Fsp3) is 0.263. The van der Waals surface area contributed by atoms with Gasteiger partial charge in [0.25, 0.3) is 0 Å². The predicted molar refractivity (Wildman–Crippen MR) is 90.5 cm³/mol. The second-order valence-corrected chi connectivity index (χ2v) is 5.84. The van der Waals surface area contributed by atoms with Crippen molar-refractivity contribution in [1.29, 1.82) is 0 Å². The van der Waals surface area contributed by atoms with Gasteiger partial charge in [-0.25, -0.2) is 4.98 Å². The number of aryl methyl sites for hydroxylation is 2. The number of benzene rings is 2. The number of rotatable bonds is 6. The molecule has 0 amide bonds. The lowest BCUT2D eigenvalue weighted by atomic mass is 9.92. The highest BCUT2D eigenvalue weighted by Gasteiger charge is 2.61. The molecule has 1 aromatic heterocycles. The Kier molecular flexibility index (Phi) is 5.08. The molecule has 3 aromatic rings. The standard InChI is InChI=1S/C19H18F3N3O/c1-26-18(19(20,21)22,15-10-6-3-7-11-15)17-23-16(24-25-17)13-12-14-8-4-2-5-9-14/h2-11H,12-13H2,1H3,(H,23,24,25)/t18-/m1/s1. The molecule has 1 atom stereocenters. The Bertz CT molecular complexity index is 834. The molecule has 0 saturated carbocycles. The van der Waals surface area contributed by atoms with Gasteiger partial charge in [-0.15, -0.1) is 0 Å². The van der Waals surface area contributed by atoms with Crippen molar-refractivity contribution in [3.63, 3.8) is 0 Å². The van der Waals surface area contributed by atoms with E-state index in [1.807, 2.05) is 30.3 Å². The highest BCUT2D eigenvalue weighted by atomic mass is 19.4. The van der Waals surface area contributed by atoms with E-state index in [2.05, 4.69) is 15.2 Å². The quantitative estimate of drug-likeness (QED) is 0.721. The molecule has 4 nitrogen and oxygen atoms in total. The van der Waals surface area contributed by atoms with Gasteiger partial charge in [0.2, 0.25) is 5.60 Å².